The summed E-state index contributed by atoms with van der Waals surface area (Å²) in [5.41, 5.74) is 0. The van der Waals surface area contributed by atoms with Gasteiger partial charge in [0, 0.05) is 19.3 Å². The summed E-state index contributed by atoms with van der Waals surface area (Å²) in [6.45, 7) is 4.55. The Hall–Kier alpha value is -3.23. The van der Waals surface area contributed by atoms with E-state index in [9.17, 15) is 19.5 Å². The van der Waals surface area contributed by atoms with Crippen LogP contribution in [0.4, 0.5) is 0 Å². The van der Waals surface area contributed by atoms with E-state index in [1.807, 2.05) is 81.9 Å². The van der Waals surface area contributed by atoms with Crippen LogP contribution in [0, 0.1) is 0 Å². The highest BCUT2D eigenvalue weighted by molar-refractivity contribution is 5.72. The Morgan fingerprint density at radius 1 is 0.517 bits per heavy atom. The third kappa shape index (κ3) is 40.2. The molecule has 2 atom stereocenters. The van der Waals surface area contributed by atoms with E-state index in [0.717, 1.165) is 51.4 Å². The Labute approximate surface area is 368 Å². The van der Waals surface area contributed by atoms with Crippen molar-refractivity contribution >= 4 is 17.9 Å². The average Bonchev–Trinajstić information content (AvgIpc) is 3.21. The van der Waals surface area contributed by atoms with E-state index in [-0.39, 0.29) is 36.2 Å². The van der Waals surface area contributed by atoms with Crippen molar-refractivity contribution in [3.05, 3.63) is 72.9 Å². The molecular formula is C52H90NO7+. The molecule has 0 saturated heterocycles. The maximum Gasteiger partial charge on any atom is 0.362 e. The molecule has 1 N–H and O–H groups in total. The SMILES string of the molecule is CC/C=C/C=C/C=C/C=C/C=C/C=C/CCCCCC(=O)OCC(COCCC(C(=O)O)[N+](C)(C)C)OC(=O)CCCCCCCCCCCCCCCCCCCCC. The second kappa shape index (κ2) is 42.5. The number of carbonyl (C=O) groups is 3. The summed E-state index contributed by atoms with van der Waals surface area (Å²) >= 11 is 0. The van der Waals surface area contributed by atoms with Crippen molar-refractivity contribution in [2.75, 3.05) is 41.0 Å². The first-order chi connectivity index (χ1) is 29.1. The van der Waals surface area contributed by atoms with Gasteiger partial charge in [0.05, 0.1) is 34.4 Å². The van der Waals surface area contributed by atoms with Gasteiger partial charge in [0.1, 0.15) is 6.61 Å². The molecule has 8 nitrogen and oxygen atoms in total. The monoisotopic (exact) mass is 841 g/mol. The van der Waals surface area contributed by atoms with Crippen molar-refractivity contribution < 1.29 is 38.2 Å². The van der Waals surface area contributed by atoms with Crippen LogP contribution in [0.5, 0.6) is 0 Å². The minimum absolute atomic E-state index is 0.0449. The van der Waals surface area contributed by atoms with Crippen LogP contribution in [-0.4, -0.2) is 80.6 Å². The molecule has 0 bridgehead atoms. The van der Waals surface area contributed by atoms with Crippen LogP contribution < -0.4 is 0 Å². The number of carboxylic acids is 1. The standard InChI is InChI=1S/C52H89NO7/c1-6-8-10-12-14-16-18-20-22-24-25-27-29-31-33-35-37-39-41-43-51(55)60-48(46-58-45-44-49(52(56)57)53(3,4)5)47-59-50(54)42-40-38-36-34-32-30-28-26-23-21-19-17-15-13-11-9-7-2/h9,11,13,15,17,19,21,23,26,28,30,32,48-49H,6-8,10,12,14,16,18,20,22,24-25,27,29,31,33-47H2,1-5H3/p+1/b11-9+,15-13+,19-17+,23-21+,28-26+,32-30+. The number of carboxylic acid groups (broad SMARTS) is 1. The van der Waals surface area contributed by atoms with Gasteiger partial charge >= 0.3 is 17.9 Å². The smallest absolute Gasteiger partial charge is 0.362 e. The summed E-state index contributed by atoms with van der Waals surface area (Å²) in [4.78, 5) is 37.1. The predicted molar refractivity (Wildman–Crippen MR) is 252 cm³/mol. The molecule has 0 saturated carbocycles. The third-order valence-electron chi connectivity index (χ3n) is 10.5. The predicted octanol–water partition coefficient (Wildman–Crippen LogP) is 13.5. The van der Waals surface area contributed by atoms with Crippen molar-refractivity contribution in [1.82, 2.24) is 0 Å². The van der Waals surface area contributed by atoms with E-state index in [2.05, 4.69) is 26.0 Å². The maximum absolute atomic E-state index is 12.8. The first-order valence-electron chi connectivity index (χ1n) is 24.1. The lowest BCUT2D eigenvalue weighted by atomic mass is 10.0. The number of hydrogen-bond donors (Lipinski definition) is 1. The molecule has 0 aromatic rings. The molecule has 0 aliphatic carbocycles. The molecule has 0 heterocycles. The highest BCUT2D eigenvalue weighted by atomic mass is 16.6. The molecule has 2 unspecified atom stereocenters. The van der Waals surface area contributed by atoms with Gasteiger partial charge in [0.15, 0.2) is 12.1 Å². The molecule has 0 fully saturated rings. The molecule has 0 spiro atoms. The zero-order chi connectivity index (χ0) is 44.2. The van der Waals surface area contributed by atoms with E-state index in [0.29, 0.717) is 19.3 Å². The topological polar surface area (TPSA) is 99.1 Å². The Morgan fingerprint density at radius 2 is 0.933 bits per heavy atom. The van der Waals surface area contributed by atoms with Crippen LogP contribution in [0.25, 0.3) is 0 Å². The Morgan fingerprint density at radius 3 is 1.38 bits per heavy atom. The Kier molecular flexibility index (Phi) is 40.2. The van der Waals surface area contributed by atoms with Gasteiger partial charge in [0.2, 0.25) is 0 Å². The number of hydrogen-bond acceptors (Lipinski definition) is 6. The van der Waals surface area contributed by atoms with Gasteiger partial charge in [-0.05, 0) is 32.1 Å². The minimum atomic E-state index is -0.883. The molecule has 344 valence electrons. The van der Waals surface area contributed by atoms with Gasteiger partial charge in [-0.15, -0.1) is 0 Å². The van der Waals surface area contributed by atoms with Crippen LogP contribution in [0.2, 0.25) is 0 Å². The van der Waals surface area contributed by atoms with Crippen LogP contribution in [-0.2, 0) is 28.6 Å². The first kappa shape index (κ1) is 56.8. The lowest BCUT2D eigenvalue weighted by molar-refractivity contribution is -0.887. The van der Waals surface area contributed by atoms with Gasteiger partial charge in [0.25, 0.3) is 0 Å². The summed E-state index contributed by atoms with van der Waals surface area (Å²) in [5.74, 6) is -1.52. The number of allylic oxidation sites excluding steroid dienone is 12. The van der Waals surface area contributed by atoms with Gasteiger partial charge in [-0.25, -0.2) is 4.79 Å². The van der Waals surface area contributed by atoms with Crippen LogP contribution >= 0.6 is 0 Å². The van der Waals surface area contributed by atoms with Gasteiger partial charge in [-0.3, -0.25) is 9.59 Å². The Bertz CT molecular complexity index is 1210. The van der Waals surface area contributed by atoms with E-state index >= 15 is 0 Å². The van der Waals surface area contributed by atoms with Crippen molar-refractivity contribution in [3.63, 3.8) is 0 Å². The molecule has 0 aromatic heterocycles. The van der Waals surface area contributed by atoms with E-state index in [1.165, 1.54) is 103 Å². The fourth-order valence-electron chi connectivity index (χ4n) is 6.83. The normalized spacial score (nSPS) is 13.6. The second-order valence-electron chi connectivity index (χ2n) is 17.1. The van der Waals surface area contributed by atoms with Crippen molar-refractivity contribution in [3.8, 4) is 0 Å². The van der Waals surface area contributed by atoms with E-state index in [1.54, 1.807) is 0 Å². The number of carbonyl (C=O) groups excluding carboxylic acids is 2. The molecule has 0 aromatic carbocycles. The van der Waals surface area contributed by atoms with E-state index < -0.39 is 18.1 Å². The van der Waals surface area contributed by atoms with Crippen molar-refractivity contribution in [1.29, 1.82) is 0 Å². The Balaban J connectivity index is 4.36. The number of unbranched alkanes of at least 4 members (excludes halogenated alkanes) is 21. The van der Waals surface area contributed by atoms with Gasteiger partial charge < -0.3 is 23.8 Å². The van der Waals surface area contributed by atoms with Crippen molar-refractivity contribution in [2.45, 2.75) is 199 Å². The molecule has 60 heavy (non-hydrogen) atoms. The number of nitrogens with zero attached hydrogens (tertiary/aromatic N) is 1. The largest absolute Gasteiger partial charge is 0.477 e. The fraction of sp³-hybridized carbons (Fsp3) is 0.712. The lowest BCUT2D eigenvalue weighted by Gasteiger charge is -2.31. The van der Waals surface area contributed by atoms with Crippen LogP contribution in [0.15, 0.2) is 72.9 Å². The summed E-state index contributed by atoms with van der Waals surface area (Å²) in [5, 5.41) is 9.64. The third-order valence-corrected chi connectivity index (χ3v) is 10.5. The zero-order valence-corrected chi connectivity index (χ0v) is 39.1. The molecule has 0 aliphatic heterocycles. The summed E-state index contributed by atoms with van der Waals surface area (Å²) < 4.78 is 17.3. The van der Waals surface area contributed by atoms with Gasteiger partial charge in [-0.1, -0.05) is 209 Å². The lowest BCUT2D eigenvalue weighted by Crippen LogP contribution is -2.50. The summed E-state index contributed by atoms with van der Waals surface area (Å²) in [7, 11) is 5.51. The number of ether oxygens (including phenoxy) is 3. The van der Waals surface area contributed by atoms with Crippen LogP contribution in [0.3, 0.4) is 0 Å². The number of esters is 2. The maximum atomic E-state index is 12.8. The second-order valence-corrected chi connectivity index (χ2v) is 17.1. The average molecular weight is 841 g/mol. The minimum Gasteiger partial charge on any atom is -0.477 e. The summed E-state index contributed by atoms with van der Waals surface area (Å²) in [6.07, 6.45) is 53.8. The van der Waals surface area contributed by atoms with E-state index in [4.69, 9.17) is 14.2 Å². The highest BCUT2D eigenvalue weighted by Crippen LogP contribution is 2.16. The molecular weight excluding hydrogens is 751 g/mol. The van der Waals surface area contributed by atoms with Crippen molar-refractivity contribution in [2.24, 2.45) is 0 Å². The molecule has 0 rings (SSSR count). The number of quaternary nitrogens is 1. The molecule has 8 heteroatoms. The quantitative estimate of drug-likeness (QED) is 0.0283. The number of aliphatic carboxylic acids is 1. The molecule has 0 radical (unpaired) electrons. The molecule has 0 aliphatic rings. The fourth-order valence-corrected chi connectivity index (χ4v) is 6.83. The van der Waals surface area contributed by atoms with Crippen LogP contribution in [0.1, 0.15) is 187 Å². The summed E-state index contributed by atoms with van der Waals surface area (Å²) in [6, 6.07) is -0.624. The number of likely N-dealkylation sites (N-methyl/N-ethyl adjacent to an activating group) is 1. The molecule has 0 amide bonds. The first-order valence-corrected chi connectivity index (χ1v) is 24.1. The number of rotatable bonds is 42. The zero-order valence-electron chi connectivity index (χ0n) is 39.1. The van der Waals surface area contributed by atoms with Gasteiger partial charge in [-0.2, -0.15) is 0 Å². The highest BCUT2D eigenvalue weighted by Gasteiger charge is 2.31.